The lowest BCUT2D eigenvalue weighted by Gasteiger charge is -2.13. The number of para-hydroxylation sites is 1. The normalized spacial score (nSPS) is 11.7. The topological polar surface area (TPSA) is 73.9 Å². The summed E-state index contributed by atoms with van der Waals surface area (Å²) in [6.45, 7) is 2.16. The molecule has 2 aromatic carbocycles. The number of hydrogen-bond donors (Lipinski definition) is 1. The molecule has 0 aliphatic rings. The first-order valence-electron chi connectivity index (χ1n) is 8.92. The molecule has 0 saturated heterocycles. The summed E-state index contributed by atoms with van der Waals surface area (Å²) in [6, 6.07) is 15.2. The van der Waals surface area contributed by atoms with E-state index in [1.807, 2.05) is 37.3 Å². The number of amides is 1. The van der Waals surface area contributed by atoms with Crippen molar-refractivity contribution in [2.75, 3.05) is 27.4 Å². The van der Waals surface area contributed by atoms with Gasteiger partial charge in [0.25, 0.3) is 5.91 Å². The number of hydrogen-bond acceptors (Lipinski definition) is 5. The molecule has 0 radical (unpaired) electrons. The molecule has 6 nitrogen and oxygen atoms in total. The fourth-order valence-electron chi connectivity index (χ4n) is 2.60. The summed E-state index contributed by atoms with van der Waals surface area (Å²) < 4.78 is 15.5. The van der Waals surface area contributed by atoms with E-state index in [0.29, 0.717) is 23.6 Å². The highest BCUT2D eigenvalue weighted by molar-refractivity contribution is 5.89. The van der Waals surface area contributed by atoms with Gasteiger partial charge in [-0.1, -0.05) is 49.4 Å². The van der Waals surface area contributed by atoms with Crippen molar-refractivity contribution in [3.05, 3.63) is 65.7 Å². The molecule has 2 aromatic rings. The van der Waals surface area contributed by atoms with Crippen LogP contribution in [0.25, 0.3) is 6.08 Å². The van der Waals surface area contributed by atoms with Crippen LogP contribution in [0.5, 0.6) is 11.5 Å². The zero-order valence-corrected chi connectivity index (χ0v) is 16.3. The molecule has 6 heteroatoms. The van der Waals surface area contributed by atoms with Crippen LogP contribution in [-0.2, 0) is 14.3 Å². The first-order chi connectivity index (χ1) is 13.5. The van der Waals surface area contributed by atoms with Crippen LogP contribution in [0.4, 0.5) is 0 Å². The zero-order valence-electron chi connectivity index (χ0n) is 16.3. The van der Waals surface area contributed by atoms with E-state index in [1.54, 1.807) is 24.3 Å². The van der Waals surface area contributed by atoms with E-state index in [1.165, 1.54) is 20.3 Å². The van der Waals surface area contributed by atoms with E-state index in [9.17, 15) is 9.59 Å². The van der Waals surface area contributed by atoms with Gasteiger partial charge in [-0.05, 0) is 23.6 Å². The number of carbonyl (C=O) groups is 2. The fourth-order valence-corrected chi connectivity index (χ4v) is 2.60. The molecule has 0 saturated carbocycles. The van der Waals surface area contributed by atoms with Gasteiger partial charge in [0.1, 0.15) is 0 Å². The molecule has 0 aliphatic heterocycles. The van der Waals surface area contributed by atoms with Crippen molar-refractivity contribution >= 4 is 18.0 Å². The molecule has 1 amide bonds. The predicted molar refractivity (Wildman–Crippen MR) is 107 cm³/mol. The Hall–Kier alpha value is -3.28. The van der Waals surface area contributed by atoms with Crippen molar-refractivity contribution in [2.24, 2.45) is 0 Å². The highest BCUT2D eigenvalue weighted by atomic mass is 16.5. The standard InChI is InChI=1S/C22H25NO5/c1-16(17-8-5-4-6-9-17)14-23-20(24)15-28-21(25)13-12-18-10-7-11-19(26-2)22(18)27-3/h4-13,16H,14-15H2,1-3H3,(H,23,24)/b13-12+/t16-/m1/s1. The second-order valence-electron chi connectivity index (χ2n) is 6.14. The molecule has 0 aromatic heterocycles. The van der Waals surface area contributed by atoms with Gasteiger partial charge < -0.3 is 19.5 Å². The van der Waals surface area contributed by atoms with Crippen LogP contribution < -0.4 is 14.8 Å². The maximum absolute atomic E-state index is 11.9. The monoisotopic (exact) mass is 383 g/mol. The number of carbonyl (C=O) groups excluding carboxylic acids is 2. The fraction of sp³-hybridized carbons (Fsp3) is 0.273. The molecule has 0 heterocycles. The van der Waals surface area contributed by atoms with E-state index in [4.69, 9.17) is 14.2 Å². The van der Waals surface area contributed by atoms with Gasteiger partial charge in [0.2, 0.25) is 0 Å². The SMILES string of the molecule is COc1cccc(/C=C/C(=O)OCC(=O)NC[C@@H](C)c2ccccc2)c1OC. The van der Waals surface area contributed by atoms with Crippen molar-refractivity contribution in [2.45, 2.75) is 12.8 Å². The summed E-state index contributed by atoms with van der Waals surface area (Å²) in [5, 5.41) is 2.77. The minimum atomic E-state index is -0.615. The molecule has 28 heavy (non-hydrogen) atoms. The Bertz CT molecular complexity index is 817. The molecule has 0 spiro atoms. The van der Waals surface area contributed by atoms with Gasteiger partial charge >= 0.3 is 5.97 Å². The van der Waals surface area contributed by atoms with Gasteiger partial charge in [-0.15, -0.1) is 0 Å². The number of nitrogens with one attached hydrogen (secondary N) is 1. The van der Waals surface area contributed by atoms with Gasteiger partial charge in [-0.3, -0.25) is 4.79 Å². The predicted octanol–water partition coefficient (Wildman–Crippen LogP) is 3.18. The summed E-state index contributed by atoms with van der Waals surface area (Å²) in [7, 11) is 3.06. The Morgan fingerprint density at radius 2 is 1.79 bits per heavy atom. The largest absolute Gasteiger partial charge is 0.493 e. The summed E-state index contributed by atoms with van der Waals surface area (Å²) in [4.78, 5) is 23.8. The molecule has 0 fully saturated rings. The first-order valence-corrected chi connectivity index (χ1v) is 8.92. The lowest BCUT2D eigenvalue weighted by atomic mass is 10.0. The molecular formula is C22H25NO5. The minimum absolute atomic E-state index is 0.168. The summed E-state index contributed by atoms with van der Waals surface area (Å²) >= 11 is 0. The molecule has 1 atom stereocenters. The van der Waals surface area contributed by atoms with E-state index < -0.39 is 5.97 Å². The summed E-state index contributed by atoms with van der Waals surface area (Å²) in [5.74, 6) is 0.285. The van der Waals surface area contributed by atoms with E-state index in [-0.39, 0.29) is 18.4 Å². The average molecular weight is 383 g/mol. The van der Waals surface area contributed by atoms with Crippen molar-refractivity contribution in [3.63, 3.8) is 0 Å². The quantitative estimate of drug-likeness (QED) is 0.532. The lowest BCUT2D eigenvalue weighted by Crippen LogP contribution is -2.31. The average Bonchev–Trinajstić information content (AvgIpc) is 2.74. The maximum Gasteiger partial charge on any atom is 0.331 e. The lowest BCUT2D eigenvalue weighted by molar-refractivity contribution is -0.143. The molecule has 1 N–H and O–H groups in total. The molecule has 0 aliphatic carbocycles. The van der Waals surface area contributed by atoms with Crippen LogP contribution >= 0.6 is 0 Å². The summed E-state index contributed by atoms with van der Waals surface area (Å²) in [5.41, 5.74) is 1.80. The molecule has 2 rings (SSSR count). The van der Waals surface area contributed by atoms with Gasteiger partial charge in [-0.2, -0.15) is 0 Å². The van der Waals surface area contributed by atoms with Crippen molar-refractivity contribution in [1.29, 1.82) is 0 Å². The van der Waals surface area contributed by atoms with Crippen LogP contribution in [0, 0.1) is 0 Å². The molecule has 148 valence electrons. The van der Waals surface area contributed by atoms with E-state index in [0.717, 1.165) is 5.56 Å². The van der Waals surface area contributed by atoms with Gasteiger partial charge in [0, 0.05) is 18.2 Å². The van der Waals surface area contributed by atoms with Crippen LogP contribution in [0.15, 0.2) is 54.6 Å². The second-order valence-corrected chi connectivity index (χ2v) is 6.14. The number of ether oxygens (including phenoxy) is 3. The van der Waals surface area contributed by atoms with Gasteiger partial charge in [0.05, 0.1) is 14.2 Å². The molecular weight excluding hydrogens is 358 g/mol. The third-order valence-electron chi connectivity index (χ3n) is 4.15. The van der Waals surface area contributed by atoms with Crippen LogP contribution in [0.2, 0.25) is 0 Å². The van der Waals surface area contributed by atoms with Crippen LogP contribution in [0.3, 0.4) is 0 Å². The van der Waals surface area contributed by atoms with E-state index >= 15 is 0 Å². The number of rotatable bonds is 9. The van der Waals surface area contributed by atoms with Crippen LogP contribution in [0.1, 0.15) is 24.0 Å². The second kappa shape index (κ2) is 10.8. The van der Waals surface area contributed by atoms with E-state index in [2.05, 4.69) is 5.32 Å². The third kappa shape index (κ3) is 6.16. The Morgan fingerprint density at radius 1 is 1.04 bits per heavy atom. The Morgan fingerprint density at radius 3 is 2.46 bits per heavy atom. The Balaban J connectivity index is 1.80. The smallest absolute Gasteiger partial charge is 0.331 e. The molecule has 0 unspecified atom stereocenters. The highest BCUT2D eigenvalue weighted by Crippen LogP contribution is 2.31. The Kier molecular flexibility index (Phi) is 8.09. The Labute approximate surface area is 165 Å². The first kappa shape index (κ1) is 21.0. The number of esters is 1. The van der Waals surface area contributed by atoms with Crippen LogP contribution in [-0.4, -0.2) is 39.2 Å². The maximum atomic E-state index is 11.9. The third-order valence-corrected chi connectivity index (χ3v) is 4.15. The highest BCUT2D eigenvalue weighted by Gasteiger charge is 2.10. The van der Waals surface area contributed by atoms with Crippen molar-refractivity contribution in [1.82, 2.24) is 5.32 Å². The van der Waals surface area contributed by atoms with Crippen molar-refractivity contribution < 1.29 is 23.8 Å². The zero-order chi connectivity index (χ0) is 20.4. The van der Waals surface area contributed by atoms with Gasteiger partial charge in [-0.25, -0.2) is 4.79 Å². The minimum Gasteiger partial charge on any atom is -0.493 e. The summed E-state index contributed by atoms with van der Waals surface area (Å²) in [6.07, 6.45) is 2.80. The number of benzene rings is 2. The number of methoxy groups -OCH3 is 2. The van der Waals surface area contributed by atoms with Gasteiger partial charge in [0.15, 0.2) is 18.1 Å². The van der Waals surface area contributed by atoms with Crippen molar-refractivity contribution in [3.8, 4) is 11.5 Å². The molecule has 0 bridgehead atoms.